The number of hydrazine groups is 1. The molecule has 3 aromatic heterocycles. The molecule has 0 saturated heterocycles. The molecule has 17 heavy (non-hydrogen) atoms. The topological polar surface area (TPSA) is 94.0 Å². The minimum Gasteiger partial charge on any atom is -0.307 e. The average molecular weight is 265 g/mol. The maximum atomic E-state index is 5.37. The maximum absolute atomic E-state index is 5.37. The molecule has 0 aromatic carbocycles. The largest absolute Gasteiger partial charge is 0.307 e. The number of hydrogen-bond donors (Lipinski definition) is 2. The lowest BCUT2D eigenvalue weighted by Crippen LogP contribution is -2.10. The molecular weight excluding hydrogens is 258 g/mol. The summed E-state index contributed by atoms with van der Waals surface area (Å²) in [6, 6.07) is 0. The van der Waals surface area contributed by atoms with Gasteiger partial charge in [-0.25, -0.2) is 15.8 Å². The van der Waals surface area contributed by atoms with Crippen LogP contribution in [0, 0.1) is 0 Å². The summed E-state index contributed by atoms with van der Waals surface area (Å²) in [5, 5.41) is 8.48. The van der Waals surface area contributed by atoms with Crippen LogP contribution in [0.4, 0.5) is 5.82 Å². The molecule has 0 aliphatic carbocycles. The van der Waals surface area contributed by atoms with Crippen molar-refractivity contribution in [3.63, 3.8) is 0 Å². The number of hydrogen-bond acceptors (Lipinski definition) is 8. The monoisotopic (exact) mass is 265 g/mol. The average Bonchev–Trinajstić information content (AvgIpc) is 2.98. The molecule has 0 amide bonds. The van der Waals surface area contributed by atoms with Gasteiger partial charge in [0.25, 0.3) is 0 Å². The summed E-state index contributed by atoms with van der Waals surface area (Å²) in [5.74, 6) is 5.94. The quantitative estimate of drug-likeness (QED) is 0.539. The molecule has 0 atom stereocenters. The van der Waals surface area contributed by atoms with Crippen LogP contribution < -0.4 is 11.3 Å². The van der Waals surface area contributed by atoms with E-state index in [1.165, 1.54) is 23.1 Å². The number of nitrogens with zero attached hydrogens (tertiary/aromatic N) is 5. The number of fused-ring (bicyclic) bond motifs is 1. The Hall–Kier alpha value is -1.71. The lowest BCUT2D eigenvalue weighted by atomic mass is 10.6. The van der Waals surface area contributed by atoms with Gasteiger partial charge in [-0.2, -0.15) is 0 Å². The Morgan fingerprint density at radius 3 is 3.18 bits per heavy atom. The van der Waals surface area contributed by atoms with E-state index < -0.39 is 0 Å². The van der Waals surface area contributed by atoms with Gasteiger partial charge < -0.3 is 9.83 Å². The molecule has 0 spiro atoms. The summed E-state index contributed by atoms with van der Waals surface area (Å²) in [6.45, 7) is 0. The summed E-state index contributed by atoms with van der Waals surface area (Å²) in [4.78, 5) is 8.59. The molecule has 0 radical (unpaired) electrons. The molecule has 0 bridgehead atoms. The lowest BCUT2D eigenvalue weighted by Gasteiger charge is -2.04. The minimum absolute atomic E-state index is 0.572. The number of nitrogens with one attached hydrogen (secondary N) is 1. The highest BCUT2D eigenvalue weighted by molar-refractivity contribution is 8.01. The molecule has 0 fully saturated rings. The summed E-state index contributed by atoms with van der Waals surface area (Å²) in [5.41, 5.74) is 4.97. The fraction of sp³-hybridized carbons (Fsp3) is 0. The van der Waals surface area contributed by atoms with Crippen LogP contribution in [-0.2, 0) is 0 Å². The van der Waals surface area contributed by atoms with E-state index in [-0.39, 0.29) is 0 Å². The molecule has 0 aliphatic rings. The van der Waals surface area contributed by atoms with Crippen molar-refractivity contribution in [1.29, 1.82) is 0 Å². The van der Waals surface area contributed by atoms with Crippen molar-refractivity contribution in [3.8, 4) is 0 Å². The minimum atomic E-state index is 0.572. The maximum Gasteiger partial charge on any atom is 0.180 e. The molecule has 3 N–H and O–H groups in total. The van der Waals surface area contributed by atoms with Gasteiger partial charge in [-0.3, -0.25) is 0 Å². The SMILES string of the molecule is NNc1cn2ccnc2c(Sc2nncs2)n1. The number of nitrogen functional groups attached to an aromatic ring is 1. The Morgan fingerprint density at radius 1 is 1.47 bits per heavy atom. The molecule has 3 heterocycles. The summed E-state index contributed by atoms with van der Waals surface area (Å²) in [6.07, 6.45) is 5.32. The fourth-order valence-corrected chi connectivity index (χ4v) is 2.81. The number of nitrogens with two attached hydrogens (primary N) is 1. The number of rotatable bonds is 3. The van der Waals surface area contributed by atoms with Crippen molar-refractivity contribution in [2.75, 3.05) is 5.43 Å². The highest BCUT2D eigenvalue weighted by atomic mass is 32.2. The molecule has 0 unspecified atom stereocenters. The van der Waals surface area contributed by atoms with Gasteiger partial charge in [0.15, 0.2) is 15.8 Å². The van der Waals surface area contributed by atoms with Crippen molar-refractivity contribution in [2.45, 2.75) is 9.37 Å². The van der Waals surface area contributed by atoms with Crippen LogP contribution in [0.2, 0.25) is 0 Å². The van der Waals surface area contributed by atoms with Gasteiger partial charge in [-0.15, -0.1) is 10.2 Å². The van der Waals surface area contributed by atoms with Crippen LogP contribution in [-0.4, -0.2) is 24.6 Å². The van der Waals surface area contributed by atoms with E-state index in [1.54, 1.807) is 17.9 Å². The number of aromatic nitrogens is 5. The predicted octanol–water partition coefficient (Wildman–Crippen LogP) is 1.02. The third-order valence-electron chi connectivity index (χ3n) is 2.02. The van der Waals surface area contributed by atoms with Crippen molar-refractivity contribution in [2.24, 2.45) is 5.84 Å². The Morgan fingerprint density at radius 2 is 2.41 bits per heavy atom. The van der Waals surface area contributed by atoms with Gasteiger partial charge in [-0.1, -0.05) is 11.3 Å². The van der Waals surface area contributed by atoms with Crippen molar-refractivity contribution in [1.82, 2.24) is 24.6 Å². The summed E-state index contributed by atoms with van der Waals surface area (Å²) < 4.78 is 2.67. The van der Waals surface area contributed by atoms with Crippen LogP contribution in [0.25, 0.3) is 5.65 Å². The van der Waals surface area contributed by atoms with Crippen LogP contribution in [0.5, 0.6) is 0 Å². The Bertz CT molecular complexity index is 632. The highest BCUT2D eigenvalue weighted by Crippen LogP contribution is 2.30. The van der Waals surface area contributed by atoms with Crippen molar-refractivity contribution in [3.05, 3.63) is 24.1 Å². The first-order chi connectivity index (χ1) is 8.36. The second-order valence-corrected chi connectivity index (χ2v) is 5.11. The van der Waals surface area contributed by atoms with E-state index >= 15 is 0 Å². The molecule has 9 heteroatoms. The van der Waals surface area contributed by atoms with Crippen LogP contribution in [0.1, 0.15) is 0 Å². The first-order valence-electron chi connectivity index (χ1n) is 4.61. The zero-order chi connectivity index (χ0) is 11.7. The molecule has 3 aromatic rings. The van der Waals surface area contributed by atoms with Crippen LogP contribution in [0.3, 0.4) is 0 Å². The van der Waals surface area contributed by atoms with Gasteiger partial charge in [0.05, 0.1) is 6.20 Å². The third-order valence-corrected chi connectivity index (χ3v) is 3.76. The zero-order valence-electron chi connectivity index (χ0n) is 8.44. The lowest BCUT2D eigenvalue weighted by molar-refractivity contribution is 0.994. The second kappa shape index (κ2) is 4.28. The van der Waals surface area contributed by atoms with Gasteiger partial charge >= 0.3 is 0 Å². The molecular formula is C8H7N7S2. The number of anilines is 1. The molecule has 0 aliphatic heterocycles. The Kier molecular flexibility index (Phi) is 2.63. The fourth-order valence-electron chi connectivity index (χ4n) is 1.33. The second-order valence-electron chi connectivity index (χ2n) is 3.04. The normalized spacial score (nSPS) is 10.9. The van der Waals surface area contributed by atoms with Crippen LogP contribution in [0.15, 0.2) is 33.5 Å². The van der Waals surface area contributed by atoms with E-state index in [2.05, 4.69) is 25.6 Å². The standard InChI is InChI=1S/C8H7N7S2/c9-13-5-3-15-2-1-10-6(15)7(12-5)17-8-14-11-4-16-8/h1-4,13H,9H2. The van der Waals surface area contributed by atoms with Crippen molar-refractivity contribution < 1.29 is 0 Å². The van der Waals surface area contributed by atoms with Gasteiger partial charge in [0, 0.05) is 12.4 Å². The third kappa shape index (κ3) is 1.95. The molecule has 7 nitrogen and oxygen atoms in total. The van der Waals surface area contributed by atoms with Crippen LogP contribution >= 0.6 is 23.1 Å². The molecule has 3 rings (SSSR count). The summed E-state index contributed by atoms with van der Waals surface area (Å²) >= 11 is 2.87. The molecule has 0 saturated carbocycles. The first-order valence-corrected chi connectivity index (χ1v) is 6.31. The first kappa shape index (κ1) is 10.4. The predicted molar refractivity (Wildman–Crippen MR) is 64.8 cm³/mol. The van der Waals surface area contributed by atoms with E-state index in [1.807, 2.05) is 10.6 Å². The summed E-state index contributed by atoms with van der Waals surface area (Å²) in [7, 11) is 0. The molecule has 86 valence electrons. The smallest absolute Gasteiger partial charge is 0.180 e. The van der Waals surface area contributed by atoms with E-state index in [4.69, 9.17) is 5.84 Å². The van der Waals surface area contributed by atoms with Gasteiger partial charge in [0.2, 0.25) is 0 Å². The van der Waals surface area contributed by atoms with Gasteiger partial charge in [0.1, 0.15) is 10.5 Å². The Balaban J connectivity index is 2.10. The Labute approximate surface area is 104 Å². The van der Waals surface area contributed by atoms with E-state index in [9.17, 15) is 0 Å². The zero-order valence-corrected chi connectivity index (χ0v) is 10.1. The van der Waals surface area contributed by atoms with E-state index in [0.29, 0.717) is 5.82 Å². The van der Waals surface area contributed by atoms with E-state index in [0.717, 1.165) is 15.0 Å². The highest BCUT2D eigenvalue weighted by Gasteiger charge is 2.10. The van der Waals surface area contributed by atoms with Crippen molar-refractivity contribution >= 4 is 34.6 Å². The van der Waals surface area contributed by atoms with Gasteiger partial charge in [-0.05, 0) is 11.8 Å². The number of imidazole rings is 1.